The smallest absolute Gasteiger partial charge is 0.247 e. The molecule has 5 rings (SSSR count). The van der Waals surface area contributed by atoms with E-state index in [1.165, 1.54) is 40.7 Å². The lowest BCUT2D eigenvalue weighted by Gasteiger charge is -2.18. The van der Waals surface area contributed by atoms with Gasteiger partial charge in [0, 0.05) is 12.1 Å². The molecule has 164 valence electrons. The van der Waals surface area contributed by atoms with Crippen molar-refractivity contribution in [2.45, 2.75) is 58.3 Å². The molecular weight excluding hydrogens is 390 g/mol. The normalized spacial score (nSPS) is 21.4. The van der Waals surface area contributed by atoms with E-state index in [2.05, 4.69) is 79.9 Å². The van der Waals surface area contributed by atoms with Gasteiger partial charge in [0.1, 0.15) is 0 Å². The van der Waals surface area contributed by atoms with Crippen LogP contribution in [0.2, 0.25) is 0 Å². The molecule has 2 heteroatoms. The monoisotopic (exact) mass is 423 g/mol. The highest BCUT2D eigenvalue weighted by Crippen LogP contribution is 2.54. The molecule has 3 aliphatic rings. The lowest BCUT2D eigenvalue weighted by Crippen LogP contribution is -2.27. The van der Waals surface area contributed by atoms with Gasteiger partial charge in [0.15, 0.2) is 0 Å². The van der Waals surface area contributed by atoms with Crippen LogP contribution in [0.5, 0.6) is 0 Å². The SMILES string of the molecule is CCc1ccc2c(c1)C(CCNC(=O)C1=C(c3ccc(C)cc3)C=CCC1)=CCC1CC21. The molecule has 2 unspecified atom stereocenters. The molecule has 3 aliphatic carbocycles. The minimum Gasteiger partial charge on any atom is -0.352 e. The molecule has 32 heavy (non-hydrogen) atoms. The van der Waals surface area contributed by atoms with E-state index in [1.54, 1.807) is 0 Å². The fraction of sp³-hybridized carbons (Fsp3) is 0.367. The number of hydrogen-bond donors (Lipinski definition) is 1. The summed E-state index contributed by atoms with van der Waals surface area (Å²) < 4.78 is 0. The summed E-state index contributed by atoms with van der Waals surface area (Å²) in [5.74, 6) is 1.66. The van der Waals surface area contributed by atoms with Crippen molar-refractivity contribution in [3.63, 3.8) is 0 Å². The largest absolute Gasteiger partial charge is 0.352 e. The van der Waals surface area contributed by atoms with E-state index in [0.717, 1.165) is 54.2 Å². The van der Waals surface area contributed by atoms with Crippen molar-refractivity contribution < 1.29 is 4.79 Å². The number of amides is 1. The quantitative estimate of drug-likeness (QED) is 0.546. The summed E-state index contributed by atoms with van der Waals surface area (Å²) in [5, 5.41) is 3.24. The van der Waals surface area contributed by atoms with Crippen LogP contribution in [0, 0.1) is 12.8 Å². The Morgan fingerprint density at radius 2 is 1.97 bits per heavy atom. The van der Waals surface area contributed by atoms with Gasteiger partial charge in [-0.15, -0.1) is 0 Å². The van der Waals surface area contributed by atoms with Gasteiger partial charge in [-0.3, -0.25) is 4.79 Å². The second kappa shape index (κ2) is 8.94. The predicted molar refractivity (Wildman–Crippen MR) is 133 cm³/mol. The maximum Gasteiger partial charge on any atom is 0.247 e. The molecule has 0 bridgehead atoms. The molecule has 2 nitrogen and oxygen atoms in total. The summed E-state index contributed by atoms with van der Waals surface area (Å²) in [4.78, 5) is 13.1. The van der Waals surface area contributed by atoms with Crippen molar-refractivity contribution in [1.82, 2.24) is 5.32 Å². The summed E-state index contributed by atoms with van der Waals surface area (Å²) in [7, 11) is 0. The third-order valence-corrected chi connectivity index (χ3v) is 7.35. The minimum absolute atomic E-state index is 0.0875. The molecule has 0 aliphatic heterocycles. The highest BCUT2D eigenvalue weighted by atomic mass is 16.1. The van der Waals surface area contributed by atoms with Gasteiger partial charge in [0.05, 0.1) is 0 Å². The Hall–Kier alpha value is -2.87. The van der Waals surface area contributed by atoms with Crippen molar-refractivity contribution in [2.75, 3.05) is 6.54 Å². The molecule has 0 radical (unpaired) electrons. The molecule has 1 N–H and O–H groups in total. The number of aryl methyl sites for hydroxylation is 2. The molecule has 2 aromatic rings. The number of rotatable bonds is 6. The Kier molecular flexibility index (Phi) is 5.87. The van der Waals surface area contributed by atoms with Crippen molar-refractivity contribution in [3.8, 4) is 0 Å². The Labute approximate surface area is 192 Å². The Bertz CT molecular complexity index is 1120. The van der Waals surface area contributed by atoms with Crippen LogP contribution >= 0.6 is 0 Å². The number of nitrogens with one attached hydrogen (secondary N) is 1. The summed E-state index contributed by atoms with van der Waals surface area (Å²) in [5.41, 5.74) is 10.1. The molecule has 1 amide bonds. The second-order valence-corrected chi connectivity index (χ2v) is 9.55. The Morgan fingerprint density at radius 3 is 2.78 bits per heavy atom. The van der Waals surface area contributed by atoms with E-state index in [-0.39, 0.29) is 5.91 Å². The molecule has 0 aromatic heterocycles. The molecule has 1 fully saturated rings. The lowest BCUT2D eigenvalue weighted by atomic mass is 9.91. The molecule has 2 atom stereocenters. The van der Waals surface area contributed by atoms with Gasteiger partial charge in [-0.1, -0.05) is 73.2 Å². The van der Waals surface area contributed by atoms with E-state index < -0.39 is 0 Å². The average Bonchev–Trinajstić information content (AvgIpc) is 3.61. The summed E-state index contributed by atoms with van der Waals surface area (Å²) >= 11 is 0. The number of fused-ring (bicyclic) bond motifs is 3. The zero-order valence-electron chi connectivity index (χ0n) is 19.3. The summed E-state index contributed by atoms with van der Waals surface area (Å²) in [6.45, 7) is 5.00. The third-order valence-electron chi connectivity index (χ3n) is 7.35. The van der Waals surface area contributed by atoms with Crippen LogP contribution in [0.25, 0.3) is 11.1 Å². The molecule has 0 saturated heterocycles. The van der Waals surface area contributed by atoms with Gasteiger partial charge in [-0.05, 0) is 90.7 Å². The molecule has 2 aromatic carbocycles. The van der Waals surface area contributed by atoms with Gasteiger partial charge < -0.3 is 5.32 Å². The van der Waals surface area contributed by atoms with Crippen LogP contribution < -0.4 is 5.32 Å². The van der Waals surface area contributed by atoms with Gasteiger partial charge in [-0.2, -0.15) is 0 Å². The minimum atomic E-state index is 0.0875. The predicted octanol–water partition coefficient (Wildman–Crippen LogP) is 6.76. The maximum atomic E-state index is 13.1. The maximum absolute atomic E-state index is 13.1. The number of carbonyl (C=O) groups is 1. The number of benzene rings is 2. The first kappa shape index (κ1) is 21.0. The number of allylic oxidation sites excluding steroid dienone is 4. The van der Waals surface area contributed by atoms with Gasteiger partial charge >= 0.3 is 0 Å². The van der Waals surface area contributed by atoms with E-state index in [0.29, 0.717) is 6.54 Å². The van der Waals surface area contributed by atoms with Crippen LogP contribution in [0.15, 0.2) is 66.3 Å². The summed E-state index contributed by atoms with van der Waals surface area (Å²) in [6.07, 6.45) is 13.0. The van der Waals surface area contributed by atoms with E-state index in [1.807, 2.05) is 0 Å². The summed E-state index contributed by atoms with van der Waals surface area (Å²) in [6, 6.07) is 15.5. The fourth-order valence-electron chi connectivity index (χ4n) is 5.28. The van der Waals surface area contributed by atoms with Crippen molar-refractivity contribution in [3.05, 3.63) is 94.1 Å². The van der Waals surface area contributed by atoms with Crippen LogP contribution in [0.4, 0.5) is 0 Å². The first-order valence-corrected chi connectivity index (χ1v) is 12.2. The van der Waals surface area contributed by atoms with Crippen molar-refractivity contribution in [1.29, 1.82) is 0 Å². The highest BCUT2D eigenvalue weighted by Gasteiger charge is 2.40. The third kappa shape index (κ3) is 4.24. The molecule has 1 saturated carbocycles. The molecule has 0 heterocycles. The first-order valence-electron chi connectivity index (χ1n) is 12.2. The van der Waals surface area contributed by atoms with Gasteiger partial charge in [0.25, 0.3) is 0 Å². The zero-order valence-corrected chi connectivity index (χ0v) is 19.3. The van der Waals surface area contributed by atoms with Gasteiger partial charge in [0.2, 0.25) is 5.91 Å². The molecule has 0 spiro atoms. The fourth-order valence-corrected chi connectivity index (χ4v) is 5.28. The van der Waals surface area contributed by atoms with E-state index in [4.69, 9.17) is 0 Å². The first-order chi connectivity index (χ1) is 15.6. The van der Waals surface area contributed by atoms with Crippen molar-refractivity contribution in [2.24, 2.45) is 5.92 Å². The van der Waals surface area contributed by atoms with Crippen molar-refractivity contribution >= 4 is 17.1 Å². The Balaban J connectivity index is 1.31. The lowest BCUT2D eigenvalue weighted by molar-refractivity contribution is -0.117. The second-order valence-electron chi connectivity index (χ2n) is 9.55. The Morgan fingerprint density at radius 1 is 1.12 bits per heavy atom. The zero-order chi connectivity index (χ0) is 22.1. The molecular formula is C30H33NO. The number of hydrogen-bond acceptors (Lipinski definition) is 1. The van der Waals surface area contributed by atoms with Crippen LogP contribution in [0.1, 0.15) is 72.8 Å². The highest BCUT2D eigenvalue weighted by molar-refractivity contribution is 6.03. The van der Waals surface area contributed by atoms with E-state index in [9.17, 15) is 4.79 Å². The van der Waals surface area contributed by atoms with Crippen LogP contribution in [-0.4, -0.2) is 12.5 Å². The average molecular weight is 424 g/mol. The van der Waals surface area contributed by atoms with E-state index >= 15 is 0 Å². The topological polar surface area (TPSA) is 29.1 Å². The van der Waals surface area contributed by atoms with Gasteiger partial charge in [-0.25, -0.2) is 0 Å². The number of carbonyl (C=O) groups excluding carboxylic acids is 1. The van der Waals surface area contributed by atoms with Crippen LogP contribution in [0.3, 0.4) is 0 Å². The standard InChI is InChI=1S/C30H33NO/c1-3-21-10-15-26-28(18-21)23(13-14-24-19-29(24)26)16-17-31-30(32)27-7-5-4-6-25(27)22-11-8-20(2)9-12-22/h4,6,8-13,15,18,24,29H,3,5,7,14,16-17,19H2,1-2H3,(H,31,32). The van der Waals surface area contributed by atoms with Crippen LogP contribution in [-0.2, 0) is 11.2 Å².